The zero-order chi connectivity index (χ0) is 16.2. The van der Waals surface area contributed by atoms with Crippen LogP contribution in [0.25, 0.3) is 0 Å². The van der Waals surface area contributed by atoms with Gasteiger partial charge < -0.3 is 4.90 Å². The lowest BCUT2D eigenvalue weighted by Crippen LogP contribution is -2.60. The second kappa shape index (κ2) is 5.72. The number of amides is 1. The third kappa shape index (κ3) is 3.04. The molecule has 23 heavy (non-hydrogen) atoms. The lowest BCUT2D eigenvalue weighted by molar-refractivity contribution is 0.0322. The number of fused-ring (bicyclic) bond motifs is 1. The van der Waals surface area contributed by atoms with Crippen LogP contribution < -0.4 is 0 Å². The molecule has 5 nitrogen and oxygen atoms in total. The maximum atomic E-state index is 12.8. The monoisotopic (exact) mass is 374 g/mol. The molecule has 2 aliphatic heterocycles. The molecule has 2 saturated heterocycles. The first-order chi connectivity index (χ1) is 10.9. The molecule has 0 N–H and O–H groups in total. The molecule has 8 heteroatoms. The van der Waals surface area contributed by atoms with Crippen LogP contribution in [0.4, 0.5) is 0 Å². The summed E-state index contributed by atoms with van der Waals surface area (Å²) in [6.07, 6.45) is 2.49. The van der Waals surface area contributed by atoms with Gasteiger partial charge in [0.05, 0.1) is 22.6 Å². The highest BCUT2D eigenvalue weighted by Crippen LogP contribution is 2.35. The highest BCUT2D eigenvalue weighted by Gasteiger charge is 2.49. The predicted molar refractivity (Wildman–Crippen MR) is 90.9 cm³/mol. The number of piperazine rings is 1. The first kappa shape index (κ1) is 15.9. The fourth-order valence-electron chi connectivity index (χ4n) is 3.71. The molecule has 3 fully saturated rings. The Bertz CT molecular complexity index is 729. The van der Waals surface area contributed by atoms with Crippen LogP contribution in [-0.4, -0.2) is 67.3 Å². The van der Waals surface area contributed by atoms with E-state index in [0.717, 1.165) is 13.1 Å². The second-order valence-corrected chi connectivity index (χ2v) is 10.2. The number of nitrogens with zero attached hydrogens (tertiary/aromatic N) is 2. The Balaban J connectivity index is 1.59. The number of sulfone groups is 1. The third-order valence-corrected chi connectivity index (χ3v) is 8.08. The standard InChI is InChI=1S/C15H19ClN2O3S2/c16-11-3-6-22-14(11)15(19)18-5-4-17(7-10-1-2-10)12-8-23(20,21)9-13(12)18/h3,6,10,12-13H,1-2,4-5,7-9H2/t12-,13+/m1/s1. The topological polar surface area (TPSA) is 57.7 Å². The Labute approximate surface area is 145 Å². The molecule has 1 aromatic rings. The van der Waals surface area contributed by atoms with Gasteiger partial charge >= 0.3 is 0 Å². The summed E-state index contributed by atoms with van der Waals surface area (Å²) in [4.78, 5) is 17.4. The first-order valence-corrected chi connectivity index (χ1v) is 11.0. The zero-order valence-electron chi connectivity index (χ0n) is 12.7. The number of rotatable bonds is 3. The number of carbonyl (C=O) groups is 1. The molecule has 0 aromatic carbocycles. The average Bonchev–Trinajstić information content (AvgIpc) is 3.09. The van der Waals surface area contributed by atoms with E-state index in [2.05, 4.69) is 4.90 Å². The molecule has 1 saturated carbocycles. The first-order valence-electron chi connectivity index (χ1n) is 7.93. The molecule has 126 valence electrons. The van der Waals surface area contributed by atoms with E-state index in [4.69, 9.17) is 11.6 Å². The highest BCUT2D eigenvalue weighted by molar-refractivity contribution is 7.91. The summed E-state index contributed by atoms with van der Waals surface area (Å²) in [6, 6.07) is 1.42. The molecule has 3 aliphatic rings. The van der Waals surface area contributed by atoms with Crippen LogP contribution in [0, 0.1) is 5.92 Å². The van der Waals surface area contributed by atoms with Gasteiger partial charge in [0.1, 0.15) is 4.88 Å². The minimum atomic E-state index is -3.09. The zero-order valence-corrected chi connectivity index (χ0v) is 15.0. The molecule has 1 aromatic heterocycles. The smallest absolute Gasteiger partial charge is 0.265 e. The van der Waals surface area contributed by atoms with E-state index in [1.54, 1.807) is 16.3 Å². The molecular weight excluding hydrogens is 356 g/mol. The van der Waals surface area contributed by atoms with E-state index in [9.17, 15) is 13.2 Å². The summed E-state index contributed by atoms with van der Waals surface area (Å²) in [5, 5.41) is 2.25. The summed E-state index contributed by atoms with van der Waals surface area (Å²) in [5.41, 5.74) is 0. The number of hydrogen-bond donors (Lipinski definition) is 0. The quantitative estimate of drug-likeness (QED) is 0.808. The summed E-state index contributed by atoms with van der Waals surface area (Å²) in [7, 11) is -3.09. The van der Waals surface area contributed by atoms with Gasteiger partial charge in [-0.1, -0.05) is 11.6 Å². The van der Waals surface area contributed by atoms with Gasteiger partial charge in [-0.15, -0.1) is 11.3 Å². The summed E-state index contributed by atoms with van der Waals surface area (Å²) in [5.74, 6) is 0.844. The molecule has 3 heterocycles. The largest absolute Gasteiger partial charge is 0.331 e. The van der Waals surface area contributed by atoms with Crippen molar-refractivity contribution in [3.05, 3.63) is 21.3 Å². The van der Waals surface area contributed by atoms with E-state index in [1.807, 2.05) is 0 Å². The molecule has 1 amide bonds. The van der Waals surface area contributed by atoms with E-state index in [0.29, 0.717) is 22.4 Å². The molecule has 0 bridgehead atoms. The Morgan fingerprint density at radius 2 is 2.00 bits per heavy atom. The number of hydrogen-bond acceptors (Lipinski definition) is 5. The molecule has 2 atom stereocenters. The van der Waals surface area contributed by atoms with Gasteiger partial charge in [0, 0.05) is 25.7 Å². The van der Waals surface area contributed by atoms with Crippen LogP contribution >= 0.6 is 22.9 Å². The van der Waals surface area contributed by atoms with E-state index < -0.39 is 9.84 Å². The fourth-order valence-corrected chi connectivity index (χ4v) is 6.82. The van der Waals surface area contributed by atoms with E-state index in [1.165, 1.54) is 24.2 Å². The molecule has 0 spiro atoms. The SMILES string of the molecule is O=C(c1sccc1Cl)N1CCN(CC2CC2)[C@@H]2CS(=O)(=O)C[C@@H]21. The van der Waals surface area contributed by atoms with Gasteiger partial charge in [0.25, 0.3) is 5.91 Å². The van der Waals surface area contributed by atoms with Crippen LogP contribution in [0.3, 0.4) is 0 Å². The Morgan fingerprint density at radius 1 is 1.26 bits per heavy atom. The van der Waals surface area contributed by atoms with Crippen molar-refractivity contribution in [2.75, 3.05) is 31.1 Å². The van der Waals surface area contributed by atoms with Crippen LogP contribution in [0.1, 0.15) is 22.5 Å². The lowest BCUT2D eigenvalue weighted by Gasteiger charge is -2.44. The summed E-state index contributed by atoms with van der Waals surface area (Å²) in [6.45, 7) is 2.30. The molecule has 1 aliphatic carbocycles. The van der Waals surface area contributed by atoms with Crippen molar-refractivity contribution >= 4 is 38.7 Å². The summed E-state index contributed by atoms with van der Waals surface area (Å²) >= 11 is 7.41. The third-order valence-electron chi connectivity index (χ3n) is 5.05. The molecule has 0 radical (unpaired) electrons. The number of carbonyl (C=O) groups excluding carboxylic acids is 1. The Morgan fingerprint density at radius 3 is 2.65 bits per heavy atom. The Hall–Kier alpha value is -0.630. The number of halogens is 1. The van der Waals surface area contributed by atoms with Crippen molar-refractivity contribution in [1.29, 1.82) is 0 Å². The van der Waals surface area contributed by atoms with Crippen LogP contribution in [-0.2, 0) is 9.84 Å². The lowest BCUT2D eigenvalue weighted by atomic mass is 10.0. The van der Waals surface area contributed by atoms with Crippen molar-refractivity contribution in [1.82, 2.24) is 9.80 Å². The van der Waals surface area contributed by atoms with Crippen molar-refractivity contribution in [2.45, 2.75) is 24.9 Å². The Kier molecular flexibility index (Phi) is 3.95. The van der Waals surface area contributed by atoms with Crippen molar-refractivity contribution < 1.29 is 13.2 Å². The van der Waals surface area contributed by atoms with Crippen LogP contribution in [0.15, 0.2) is 11.4 Å². The maximum absolute atomic E-state index is 12.8. The maximum Gasteiger partial charge on any atom is 0.265 e. The normalized spacial score (nSPS) is 30.4. The van der Waals surface area contributed by atoms with Gasteiger partial charge in [0.15, 0.2) is 9.84 Å². The van der Waals surface area contributed by atoms with E-state index in [-0.39, 0.29) is 29.5 Å². The molecule has 4 rings (SSSR count). The van der Waals surface area contributed by atoms with Crippen molar-refractivity contribution in [2.24, 2.45) is 5.92 Å². The van der Waals surface area contributed by atoms with Crippen molar-refractivity contribution in [3.8, 4) is 0 Å². The molecular formula is C15H19ClN2O3S2. The van der Waals surface area contributed by atoms with Crippen molar-refractivity contribution in [3.63, 3.8) is 0 Å². The van der Waals surface area contributed by atoms with Gasteiger partial charge in [-0.3, -0.25) is 9.69 Å². The highest BCUT2D eigenvalue weighted by atomic mass is 35.5. The number of thiophene rings is 1. The molecule has 0 unspecified atom stereocenters. The van der Waals surface area contributed by atoms with Crippen LogP contribution in [0.5, 0.6) is 0 Å². The second-order valence-electron chi connectivity index (χ2n) is 6.75. The average molecular weight is 375 g/mol. The minimum absolute atomic E-state index is 0.0583. The van der Waals surface area contributed by atoms with Gasteiger partial charge in [-0.05, 0) is 30.2 Å². The van der Waals surface area contributed by atoms with Gasteiger partial charge in [0.2, 0.25) is 0 Å². The fraction of sp³-hybridized carbons (Fsp3) is 0.667. The predicted octanol–water partition coefficient (Wildman–Crippen LogP) is 1.73. The van der Waals surface area contributed by atoms with E-state index >= 15 is 0 Å². The van der Waals surface area contributed by atoms with Gasteiger partial charge in [-0.2, -0.15) is 0 Å². The van der Waals surface area contributed by atoms with Gasteiger partial charge in [-0.25, -0.2) is 8.42 Å². The van der Waals surface area contributed by atoms with Crippen LogP contribution in [0.2, 0.25) is 5.02 Å². The summed E-state index contributed by atoms with van der Waals surface area (Å²) < 4.78 is 24.4. The minimum Gasteiger partial charge on any atom is -0.331 e.